The molecule has 30 heavy (non-hydrogen) atoms. The summed E-state index contributed by atoms with van der Waals surface area (Å²) in [5, 5.41) is 0.373. The van der Waals surface area contributed by atoms with Crippen molar-refractivity contribution in [1.29, 1.82) is 0 Å². The van der Waals surface area contributed by atoms with E-state index in [1.54, 1.807) is 7.05 Å². The van der Waals surface area contributed by atoms with E-state index in [1.165, 1.54) is 18.0 Å². The molecule has 0 N–H and O–H groups in total. The minimum absolute atomic E-state index is 0.170. The number of aromatic nitrogens is 4. The molecule has 3 heterocycles. The van der Waals surface area contributed by atoms with E-state index in [-0.39, 0.29) is 22.5 Å². The molecule has 2 aliphatic rings. The molecule has 0 unspecified atom stereocenters. The third-order valence-electron chi connectivity index (χ3n) is 6.20. The van der Waals surface area contributed by atoms with E-state index < -0.39 is 0 Å². The van der Waals surface area contributed by atoms with Crippen LogP contribution in [0.5, 0.6) is 0 Å². The fourth-order valence-electron chi connectivity index (χ4n) is 4.49. The van der Waals surface area contributed by atoms with Crippen LogP contribution in [0.25, 0.3) is 11.2 Å². The molecule has 2 aromatic rings. The molecule has 0 saturated carbocycles. The largest absolute Gasteiger partial charge is 0.332 e. The number of alkyl halides is 1. The fourth-order valence-corrected chi connectivity index (χ4v) is 5.13. The summed E-state index contributed by atoms with van der Waals surface area (Å²) in [6.45, 7) is 5.29. The Hall–Kier alpha value is -1.83. The molecule has 0 spiro atoms. The van der Waals surface area contributed by atoms with Crippen LogP contribution in [0.15, 0.2) is 32.8 Å². The number of rotatable bonds is 4. The van der Waals surface area contributed by atoms with Gasteiger partial charge in [0.15, 0.2) is 11.2 Å². The topological polar surface area (TPSA) is 65.1 Å². The molecule has 7 nitrogen and oxygen atoms in total. The van der Waals surface area contributed by atoms with Crippen molar-refractivity contribution in [1.82, 2.24) is 23.6 Å². The highest BCUT2D eigenvalue weighted by Gasteiger charge is 2.28. The molecule has 162 valence electrons. The van der Waals surface area contributed by atoms with Crippen molar-refractivity contribution < 1.29 is 0 Å². The molecule has 0 aromatic carbocycles. The van der Waals surface area contributed by atoms with Gasteiger partial charge < -0.3 is 4.57 Å². The minimum Gasteiger partial charge on any atom is -0.320 e. The summed E-state index contributed by atoms with van der Waals surface area (Å²) in [7, 11) is 3.14. The summed E-state index contributed by atoms with van der Waals surface area (Å²) >= 11 is 13.0. The molecule has 1 saturated heterocycles. The van der Waals surface area contributed by atoms with Gasteiger partial charge in [-0.2, -0.15) is 0 Å². The molecule has 1 aliphatic heterocycles. The van der Waals surface area contributed by atoms with Crippen LogP contribution in [-0.2, 0) is 27.2 Å². The normalized spacial score (nSPS) is 25.1. The first-order chi connectivity index (χ1) is 14.3. The monoisotopic (exact) mass is 451 g/mol. The lowest BCUT2D eigenvalue weighted by Gasteiger charge is -2.31. The van der Waals surface area contributed by atoms with E-state index in [0.717, 1.165) is 29.9 Å². The molecule has 1 aliphatic carbocycles. The number of aryl methyl sites for hydroxylation is 1. The van der Waals surface area contributed by atoms with Crippen LogP contribution in [-0.4, -0.2) is 42.1 Å². The van der Waals surface area contributed by atoms with Crippen LogP contribution in [0.2, 0.25) is 0 Å². The Bertz CT molecular complexity index is 1140. The van der Waals surface area contributed by atoms with Crippen LogP contribution < -0.4 is 11.2 Å². The maximum Gasteiger partial charge on any atom is 0.332 e. The van der Waals surface area contributed by atoms with Gasteiger partial charge in [0, 0.05) is 38.1 Å². The molecule has 2 aromatic heterocycles. The molecule has 4 rings (SSSR count). The molecule has 0 bridgehead atoms. The number of halogens is 2. The summed E-state index contributed by atoms with van der Waals surface area (Å²) in [6, 6.07) is 0. The van der Waals surface area contributed by atoms with Crippen LogP contribution in [0.3, 0.4) is 0 Å². The van der Waals surface area contributed by atoms with Crippen LogP contribution in [0.1, 0.15) is 25.6 Å². The number of piperidine rings is 1. The molecule has 0 radical (unpaired) electrons. The quantitative estimate of drug-likeness (QED) is 0.669. The third kappa shape index (κ3) is 3.79. The van der Waals surface area contributed by atoms with E-state index >= 15 is 0 Å². The predicted molar refractivity (Wildman–Crippen MR) is 120 cm³/mol. The van der Waals surface area contributed by atoms with Gasteiger partial charge in [0.25, 0.3) is 5.56 Å². The zero-order chi connectivity index (χ0) is 21.6. The zero-order valence-corrected chi connectivity index (χ0v) is 19.0. The molecular formula is C21H27Cl2N5O2. The number of nitrogens with zero attached hydrogens (tertiary/aromatic N) is 5. The number of fused-ring (bicyclic) bond motifs is 1. The van der Waals surface area contributed by atoms with Gasteiger partial charge >= 0.3 is 5.69 Å². The van der Waals surface area contributed by atoms with Gasteiger partial charge in [-0.1, -0.05) is 30.7 Å². The first-order valence-corrected chi connectivity index (χ1v) is 11.1. The van der Waals surface area contributed by atoms with Crippen molar-refractivity contribution in [2.75, 3.05) is 13.1 Å². The van der Waals surface area contributed by atoms with Gasteiger partial charge in [-0.05, 0) is 31.4 Å². The van der Waals surface area contributed by atoms with Gasteiger partial charge in [0.1, 0.15) is 5.82 Å². The van der Waals surface area contributed by atoms with Crippen LogP contribution in [0.4, 0.5) is 0 Å². The average Bonchev–Trinajstić information content (AvgIpc) is 3.05. The van der Waals surface area contributed by atoms with Gasteiger partial charge in [0.2, 0.25) is 0 Å². The molecule has 0 amide bonds. The Labute approximate surface area is 185 Å². The number of imidazole rings is 1. The molecule has 9 heteroatoms. The van der Waals surface area contributed by atoms with Crippen LogP contribution >= 0.6 is 23.2 Å². The summed E-state index contributed by atoms with van der Waals surface area (Å²) in [5.41, 5.74) is 0.0868. The maximum atomic E-state index is 13.1. The lowest BCUT2D eigenvalue weighted by molar-refractivity contribution is 0.171. The second-order valence-corrected chi connectivity index (χ2v) is 9.43. The average molecular weight is 452 g/mol. The standard InChI is InChI=1S/C21H27Cl2N5O2/c1-13-6-5-9-27(10-13)12-17-24-19-18(20(29)26(3)21(30)25(19)2)28(17)11-14-15(22)7-4-8-16(14)23/h4,7-8,13-15H,5-6,9-12H2,1-3H3/t13-,14+,15-/m1/s1. The van der Waals surface area contributed by atoms with E-state index in [2.05, 4.69) is 11.8 Å². The highest BCUT2D eigenvalue weighted by atomic mass is 35.5. The lowest BCUT2D eigenvalue weighted by Crippen LogP contribution is -2.38. The summed E-state index contributed by atoms with van der Waals surface area (Å²) in [5.74, 6) is 1.22. The van der Waals surface area contributed by atoms with E-state index in [1.807, 2.05) is 22.8 Å². The van der Waals surface area contributed by atoms with E-state index in [4.69, 9.17) is 28.2 Å². The molecule has 3 atom stereocenters. The SMILES string of the molecule is C[C@@H]1CCCN(Cc2nc3c(c(=O)n(C)c(=O)n3C)n2C[C@@H]2C(Cl)=CC=C[C@H]2Cl)C1. The van der Waals surface area contributed by atoms with Gasteiger partial charge in [0.05, 0.1) is 11.9 Å². The van der Waals surface area contributed by atoms with E-state index in [0.29, 0.717) is 35.2 Å². The van der Waals surface area contributed by atoms with Crippen molar-refractivity contribution in [3.63, 3.8) is 0 Å². The van der Waals surface area contributed by atoms with Gasteiger partial charge in [-0.25, -0.2) is 9.78 Å². The first kappa shape index (κ1) is 21.4. The summed E-state index contributed by atoms with van der Waals surface area (Å²) < 4.78 is 4.49. The number of likely N-dealkylation sites (tertiary alicyclic amines) is 1. The van der Waals surface area contributed by atoms with Crippen molar-refractivity contribution in [2.24, 2.45) is 25.9 Å². The highest BCUT2D eigenvalue weighted by molar-refractivity contribution is 6.31. The van der Waals surface area contributed by atoms with Gasteiger partial charge in [-0.3, -0.25) is 18.8 Å². The van der Waals surface area contributed by atoms with Crippen molar-refractivity contribution in [2.45, 2.75) is 38.2 Å². The second-order valence-electron chi connectivity index (χ2n) is 8.49. The van der Waals surface area contributed by atoms with Crippen LogP contribution in [0, 0.1) is 11.8 Å². The minimum atomic E-state index is -0.385. The molecular weight excluding hydrogens is 425 g/mol. The van der Waals surface area contributed by atoms with Crippen molar-refractivity contribution >= 4 is 34.4 Å². The predicted octanol–water partition coefficient (Wildman–Crippen LogP) is 2.58. The Morgan fingerprint density at radius 1 is 1.23 bits per heavy atom. The second kappa shape index (κ2) is 8.36. The number of allylic oxidation sites excluding steroid dienone is 4. The molecule has 1 fully saturated rings. The maximum absolute atomic E-state index is 13.1. The van der Waals surface area contributed by atoms with Gasteiger partial charge in [-0.15, -0.1) is 11.6 Å². The van der Waals surface area contributed by atoms with Crippen molar-refractivity contribution in [3.8, 4) is 0 Å². The summed E-state index contributed by atoms with van der Waals surface area (Å²) in [4.78, 5) is 32.6. The highest BCUT2D eigenvalue weighted by Crippen LogP contribution is 2.31. The Balaban J connectivity index is 1.84. The lowest BCUT2D eigenvalue weighted by atomic mass is 9.99. The Morgan fingerprint density at radius 3 is 2.70 bits per heavy atom. The van der Waals surface area contributed by atoms with E-state index in [9.17, 15) is 9.59 Å². The number of hydrogen-bond acceptors (Lipinski definition) is 4. The first-order valence-electron chi connectivity index (χ1n) is 10.3. The Kier molecular flexibility index (Phi) is 5.97. The zero-order valence-electron chi connectivity index (χ0n) is 17.5. The third-order valence-corrected chi connectivity index (χ3v) is 7.06. The van der Waals surface area contributed by atoms with Crippen molar-refractivity contribution in [3.05, 3.63) is 49.9 Å². The summed E-state index contributed by atoms with van der Waals surface area (Å²) in [6.07, 6.45) is 7.96. The Morgan fingerprint density at radius 2 is 2.00 bits per heavy atom. The number of hydrogen-bond donors (Lipinski definition) is 0. The smallest absolute Gasteiger partial charge is 0.320 e. The fraction of sp³-hybridized carbons (Fsp3) is 0.571.